The lowest BCUT2D eigenvalue weighted by atomic mass is 10.1. The first-order chi connectivity index (χ1) is 14.4. The van der Waals surface area contributed by atoms with Gasteiger partial charge in [0.15, 0.2) is 0 Å². The van der Waals surface area contributed by atoms with E-state index in [4.69, 9.17) is 25.8 Å². The van der Waals surface area contributed by atoms with E-state index in [0.717, 1.165) is 29.0 Å². The molecule has 8 heteroatoms. The summed E-state index contributed by atoms with van der Waals surface area (Å²) in [7, 11) is 3.25. The highest BCUT2D eigenvalue weighted by molar-refractivity contribution is 6.32. The molecule has 2 rings (SSSR count). The molecule has 0 heterocycles. The van der Waals surface area contributed by atoms with Crippen LogP contribution in [0.15, 0.2) is 36.4 Å². The molecule has 7 nitrogen and oxygen atoms in total. The van der Waals surface area contributed by atoms with Crippen molar-refractivity contribution >= 4 is 17.5 Å². The topological polar surface area (TPSA) is 89.0 Å². The molecule has 164 valence electrons. The van der Waals surface area contributed by atoms with E-state index in [0.29, 0.717) is 30.4 Å². The van der Waals surface area contributed by atoms with Crippen LogP contribution in [0.5, 0.6) is 17.2 Å². The zero-order chi connectivity index (χ0) is 21.9. The van der Waals surface area contributed by atoms with Gasteiger partial charge in [0.2, 0.25) is 5.91 Å². The van der Waals surface area contributed by atoms with Crippen molar-refractivity contribution in [1.82, 2.24) is 10.6 Å². The predicted octanol–water partition coefficient (Wildman–Crippen LogP) is 2.57. The third-order valence-corrected chi connectivity index (χ3v) is 4.71. The number of carbonyl (C=O) groups excluding carboxylic acids is 1. The Morgan fingerprint density at radius 2 is 1.93 bits per heavy atom. The average Bonchev–Trinajstić information content (AvgIpc) is 2.74. The molecule has 0 aromatic heterocycles. The molecule has 0 aliphatic heterocycles. The van der Waals surface area contributed by atoms with Crippen LogP contribution in [0.1, 0.15) is 18.1 Å². The molecular formula is C22H29ClN2O5. The highest BCUT2D eigenvalue weighted by Crippen LogP contribution is 2.26. The number of amides is 1. The number of hydrogen-bond donors (Lipinski definition) is 3. The molecule has 1 unspecified atom stereocenters. The Morgan fingerprint density at radius 3 is 2.60 bits per heavy atom. The Hall–Kier alpha value is -2.48. The average molecular weight is 437 g/mol. The molecule has 3 N–H and O–H groups in total. The van der Waals surface area contributed by atoms with E-state index in [2.05, 4.69) is 10.6 Å². The Bertz CT molecular complexity index is 831. The second-order valence-electron chi connectivity index (χ2n) is 6.77. The summed E-state index contributed by atoms with van der Waals surface area (Å²) in [6.07, 6.45) is 0.0698. The highest BCUT2D eigenvalue weighted by atomic mass is 35.5. The first-order valence-corrected chi connectivity index (χ1v) is 10.1. The van der Waals surface area contributed by atoms with Crippen molar-refractivity contribution in [1.29, 1.82) is 0 Å². The van der Waals surface area contributed by atoms with Gasteiger partial charge in [-0.15, -0.1) is 0 Å². The third kappa shape index (κ3) is 7.74. The minimum absolute atomic E-state index is 0.104. The number of benzene rings is 2. The molecule has 0 aliphatic carbocycles. The van der Waals surface area contributed by atoms with Gasteiger partial charge in [0.05, 0.1) is 19.2 Å². The Morgan fingerprint density at radius 1 is 1.13 bits per heavy atom. The van der Waals surface area contributed by atoms with Crippen molar-refractivity contribution < 1.29 is 24.1 Å². The van der Waals surface area contributed by atoms with E-state index < -0.39 is 6.10 Å². The molecule has 1 amide bonds. The van der Waals surface area contributed by atoms with E-state index in [1.54, 1.807) is 26.4 Å². The lowest BCUT2D eigenvalue weighted by Crippen LogP contribution is -2.32. The summed E-state index contributed by atoms with van der Waals surface area (Å²) < 4.78 is 16.2. The number of halogens is 1. The maximum atomic E-state index is 11.0. The monoisotopic (exact) mass is 436 g/mol. The second kappa shape index (κ2) is 12.3. The molecule has 2 aromatic rings. The number of aliphatic hydroxyl groups excluding tert-OH is 1. The maximum Gasteiger partial charge on any atom is 0.217 e. The molecule has 0 saturated heterocycles. The second-order valence-corrected chi connectivity index (χ2v) is 7.18. The van der Waals surface area contributed by atoms with Crippen LogP contribution in [0.4, 0.5) is 0 Å². The SMILES string of the molecule is COc1ccc(CCNCC(O)COc2ccc(CNC(C)=O)cc2Cl)c(OC)c1. The van der Waals surface area contributed by atoms with Crippen LogP contribution in [0.25, 0.3) is 0 Å². The molecule has 0 saturated carbocycles. The lowest BCUT2D eigenvalue weighted by molar-refractivity contribution is -0.119. The third-order valence-electron chi connectivity index (χ3n) is 4.41. The maximum absolute atomic E-state index is 11.0. The number of ether oxygens (including phenoxy) is 3. The molecule has 2 aromatic carbocycles. The normalized spacial score (nSPS) is 11.6. The minimum Gasteiger partial charge on any atom is -0.497 e. The fourth-order valence-electron chi connectivity index (χ4n) is 2.79. The van der Waals surface area contributed by atoms with Gasteiger partial charge >= 0.3 is 0 Å². The molecule has 0 aliphatic rings. The molecule has 1 atom stereocenters. The first kappa shape index (κ1) is 23.8. The van der Waals surface area contributed by atoms with Gasteiger partial charge < -0.3 is 30.0 Å². The Kier molecular flexibility index (Phi) is 9.73. The van der Waals surface area contributed by atoms with Crippen molar-refractivity contribution in [2.24, 2.45) is 0 Å². The summed E-state index contributed by atoms with van der Waals surface area (Å²) in [4.78, 5) is 11.0. The van der Waals surface area contributed by atoms with E-state index in [-0.39, 0.29) is 12.5 Å². The molecule has 0 radical (unpaired) electrons. The van der Waals surface area contributed by atoms with Crippen LogP contribution < -0.4 is 24.8 Å². The summed E-state index contributed by atoms with van der Waals surface area (Å²) in [6.45, 7) is 3.04. The predicted molar refractivity (Wildman–Crippen MR) is 117 cm³/mol. The number of methoxy groups -OCH3 is 2. The van der Waals surface area contributed by atoms with E-state index in [9.17, 15) is 9.90 Å². The number of carbonyl (C=O) groups is 1. The largest absolute Gasteiger partial charge is 0.497 e. The summed E-state index contributed by atoms with van der Waals surface area (Å²) >= 11 is 6.22. The molecular weight excluding hydrogens is 408 g/mol. The van der Waals surface area contributed by atoms with Gasteiger partial charge in [-0.2, -0.15) is 0 Å². The van der Waals surface area contributed by atoms with Crippen molar-refractivity contribution in [2.75, 3.05) is 33.9 Å². The van der Waals surface area contributed by atoms with Crippen LogP contribution in [0.2, 0.25) is 5.02 Å². The lowest BCUT2D eigenvalue weighted by Gasteiger charge is -2.15. The minimum atomic E-state index is -0.683. The van der Waals surface area contributed by atoms with Gasteiger partial charge in [-0.25, -0.2) is 0 Å². The fraction of sp³-hybridized carbons (Fsp3) is 0.409. The zero-order valence-electron chi connectivity index (χ0n) is 17.5. The van der Waals surface area contributed by atoms with Crippen molar-refractivity contribution in [2.45, 2.75) is 26.0 Å². The summed E-state index contributed by atoms with van der Waals surface area (Å²) in [5.41, 5.74) is 1.93. The summed E-state index contributed by atoms with van der Waals surface area (Å²) in [6, 6.07) is 11.0. The highest BCUT2D eigenvalue weighted by Gasteiger charge is 2.09. The van der Waals surface area contributed by atoms with Crippen LogP contribution >= 0.6 is 11.6 Å². The Labute approximate surface area is 182 Å². The van der Waals surface area contributed by atoms with Crippen LogP contribution in [-0.4, -0.2) is 51.0 Å². The van der Waals surface area contributed by atoms with Gasteiger partial charge in [0.1, 0.15) is 30.0 Å². The first-order valence-electron chi connectivity index (χ1n) is 9.68. The smallest absolute Gasteiger partial charge is 0.217 e. The number of hydrogen-bond acceptors (Lipinski definition) is 6. The molecule has 0 bridgehead atoms. The van der Waals surface area contributed by atoms with Gasteiger partial charge in [-0.1, -0.05) is 23.7 Å². The Balaban J connectivity index is 1.72. The summed E-state index contributed by atoms with van der Waals surface area (Å²) in [5.74, 6) is 1.91. The quantitative estimate of drug-likeness (QED) is 0.443. The standard InChI is InChI=1S/C22H29ClN2O5/c1-15(26)25-12-16-4-7-21(20(23)10-16)30-14-18(27)13-24-9-8-17-5-6-19(28-2)11-22(17)29-3/h4-7,10-11,18,24,27H,8-9,12-14H2,1-3H3,(H,25,26). The molecule has 30 heavy (non-hydrogen) atoms. The number of rotatable bonds is 12. The van der Waals surface area contributed by atoms with E-state index in [1.807, 2.05) is 24.3 Å². The van der Waals surface area contributed by atoms with Crippen molar-refractivity contribution in [3.63, 3.8) is 0 Å². The van der Waals surface area contributed by atoms with Gasteiger partial charge in [-0.3, -0.25) is 4.79 Å². The van der Waals surface area contributed by atoms with E-state index >= 15 is 0 Å². The fourth-order valence-corrected chi connectivity index (χ4v) is 3.05. The van der Waals surface area contributed by atoms with Gasteiger partial charge in [0, 0.05) is 26.1 Å². The molecule has 0 fully saturated rings. The van der Waals surface area contributed by atoms with Gasteiger partial charge in [-0.05, 0) is 42.3 Å². The van der Waals surface area contributed by atoms with Crippen molar-refractivity contribution in [3.8, 4) is 17.2 Å². The van der Waals surface area contributed by atoms with Crippen LogP contribution in [0.3, 0.4) is 0 Å². The van der Waals surface area contributed by atoms with Crippen LogP contribution in [0, 0.1) is 0 Å². The molecule has 0 spiro atoms. The van der Waals surface area contributed by atoms with Crippen LogP contribution in [-0.2, 0) is 17.8 Å². The van der Waals surface area contributed by atoms with E-state index in [1.165, 1.54) is 6.92 Å². The zero-order valence-corrected chi connectivity index (χ0v) is 18.3. The summed E-state index contributed by atoms with van der Waals surface area (Å²) in [5, 5.41) is 16.5. The number of nitrogens with one attached hydrogen (secondary N) is 2. The van der Waals surface area contributed by atoms with Gasteiger partial charge in [0.25, 0.3) is 0 Å². The van der Waals surface area contributed by atoms with Crippen molar-refractivity contribution in [3.05, 3.63) is 52.5 Å². The number of aliphatic hydroxyl groups is 1.